The van der Waals surface area contributed by atoms with Crippen molar-refractivity contribution in [1.29, 1.82) is 0 Å². The minimum absolute atomic E-state index is 0.229. The van der Waals surface area contributed by atoms with E-state index in [-0.39, 0.29) is 5.54 Å². The normalized spacial score (nSPS) is 42.0. The topological polar surface area (TPSA) is 35.7 Å². The Labute approximate surface area is 124 Å². The number of hydrogen-bond acceptors (Lipinski definition) is 4. The highest BCUT2D eigenvalue weighted by Gasteiger charge is 2.50. The predicted octanol–water partition coefficient (Wildman–Crippen LogP) is 0.967. The van der Waals surface area contributed by atoms with Gasteiger partial charge in [0.05, 0.1) is 0 Å². The maximum atomic E-state index is 6.31. The van der Waals surface area contributed by atoms with E-state index in [1.165, 1.54) is 51.9 Å². The van der Waals surface area contributed by atoms with Gasteiger partial charge in [-0.15, -0.1) is 0 Å². The molecular weight excluding hydrogens is 248 g/mol. The van der Waals surface area contributed by atoms with Crippen molar-refractivity contribution in [2.45, 2.75) is 63.2 Å². The molecule has 3 rings (SSSR count). The Kier molecular flexibility index (Phi) is 4.10. The van der Waals surface area contributed by atoms with Crippen molar-refractivity contribution in [2.24, 2.45) is 5.73 Å². The molecule has 2 saturated heterocycles. The third-order valence-electron chi connectivity index (χ3n) is 5.77. The van der Waals surface area contributed by atoms with Gasteiger partial charge >= 0.3 is 0 Å². The van der Waals surface area contributed by atoms with Crippen molar-refractivity contribution < 1.29 is 0 Å². The Morgan fingerprint density at radius 3 is 2.55 bits per heavy atom. The largest absolute Gasteiger partial charge is 0.329 e. The zero-order valence-electron chi connectivity index (χ0n) is 13.5. The van der Waals surface area contributed by atoms with E-state index in [9.17, 15) is 0 Å². The van der Waals surface area contributed by atoms with Crippen LogP contribution in [0.15, 0.2) is 0 Å². The van der Waals surface area contributed by atoms with Gasteiger partial charge in [-0.1, -0.05) is 0 Å². The smallest absolute Gasteiger partial charge is 0.0476 e. The van der Waals surface area contributed by atoms with Gasteiger partial charge in [-0.2, -0.15) is 0 Å². The highest BCUT2D eigenvalue weighted by atomic mass is 15.4. The fourth-order valence-electron chi connectivity index (χ4n) is 4.67. The van der Waals surface area contributed by atoms with Gasteiger partial charge in [0.25, 0.3) is 0 Å². The van der Waals surface area contributed by atoms with E-state index < -0.39 is 0 Å². The van der Waals surface area contributed by atoms with E-state index >= 15 is 0 Å². The van der Waals surface area contributed by atoms with E-state index in [0.717, 1.165) is 12.6 Å². The number of likely N-dealkylation sites (N-methyl/N-ethyl adjacent to an activating group) is 1. The quantitative estimate of drug-likeness (QED) is 0.835. The van der Waals surface area contributed by atoms with Crippen molar-refractivity contribution in [2.75, 3.05) is 39.8 Å². The van der Waals surface area contributed by atoms with Crippen molar-refractivity contribution in [1.82, 2.24) is 14.7 Å². The van der Waals surface area contributed by atoms with Crippen LogP contribution in [0, 0.1) is 0 Å². The van der Waals surface area contributed by atoms with Crippen molar-refractivity contribution in [3.8, 4) is 0 Å². The molecule has 116 valence electrons. The lowest BCUT2D eigenvalue weighted by molar-refractivity contribution is 0.0612. The summed E-state index contributed by atoms with van der Waals surface area (Å²) in [7, 11) is 2.25. The molecule has 0 aromatic carbocycles. The molecule has 20 heavy (non-hydrogen) atoms. The zero-order chi connectivity index (χ0) is 14.3. The molecule has 0 bridgehead atoms. The molecule has 1 saturated carbocycles. The second-order valence-electron chi connectivity index (χ2n) is 7.54. The minimum atomic E-state index is 0.229. The fraction of sp³-hybridized carbons (Fsp3) is 1.00. The van der Waals surface area contributed by atoms with Gasteiger partial charge in [0.2, 0.25) is 0 Å². The Hall–Kier alpha value is -0.160. The number of nitrogens with two attached hydrogens (primary N) is 1. The summed E-state index contributed by atoms with van der Waals surface area (Å²) in [4.78, 5) is 7.98. The third-order valence-corrected chi connectivity index (χ3v) is 5.77. The molecule has 0 aromatic rings. The SMILES string of the molecule is CC1CC(CN)(N2CCCN(C)CC2C)CN1C1CC1. The van der Waals surface area contributed by atoms with Crippen molar-refractivity contribution in [3.05, 3.63) is 0 Å². The van der Waals surface area contributed by atoms with Crippen LogP contribution in [0.25, 0.3) is 0 Å². The lowest BCUT2D eigenvalue weighted by Gasteiger charge is -2.44. The molecular formula is C16H32N4. The Balaban J connectivity index is 1.77. The molecule has 0 spiro atoms. The molecule has 1 aliphatic carbocycles. The van der Waals surface area contributed by atoms with Crippen molar-refractivity contribution >= 4 is 0 Å². The molecule has 4 heteroatoms. The Morgan fingerprint density at radius 2 is 1.90 bits per heavy atom. The average Bonchev–Trinajstić information content (AvgIpc) is 3.20. The van der Waals surface area contributed by atoms with Crippen LogP contribution in [0.1, 0.15) is 39.5 Å². The molecule has 4 nitrogen and oxygen atoms in total. The number of hydrogen-bond donors (Lipinski definition) is 1. The van der Waals surface area contributed by atoms with Crippen LogP contribution in [0.3, 0.4) is 0 Å². The summed E-state index contributed by atoms with van der Waals surface area (Å²) < 4.78 is 0. The Bertz CT molecular complexity index is 343. The van der Waals surface area contributed by atoms with Crippen LogP contribution in [-0.2, 0) is 0 Å². The molecule has 3 fully saturated rings. The molecule has 2 aliphatic heterocycles. The average molecular weight is 280 g/mol. The van der Waals surface area contributed by atoms with Crippen LogP contribution >= 0.6 is 0 Å². The second kappa shape index (κ2) is 5.56. The van der Waals surface area contributed by atoms with Gasteiger partial charge in [0.1, 0.15) is 0 Å². The number of rotatable bonds is 3. The maximum absolute atomic E-state index is 6.31. The lowest BCUT2D eigenvalue weighted by atomic mass is 9.92. The van der Waals surface area contributed by atoms with Crippen LogP contribution in [0.2, 0.25) is 0 Å². The molecule has 0 aromatic heterocycles. The van der Waals surface area contributed by atoms with Gasteiger partial charge in [-0.05, 0) is 53.1 Å². The second-order valence-corrected chi connectivity index (χ2v) is 7.54. The van der Waals surface area contributed by atoms with Gasteiger partial charge < -0.3 is 10.6 Å². The van der Waals surface area contributed by atoms with E-state index in [1.807, 2.05) is 0 Å². The summed E-state index contributed by atoms with van der Waals surface area (Å²) in [6.45, 7) is 10.4. The monoisotopic (exact) mass is 280 g/mol. The van der Waals surface area contributed by atoms with Crippen LogP contribution < -0.4 is 5.73 Å². The minimum Gasteiger partial charge on any atom is -0.329 e. The zero-order valence-corrected chi connectivity index (χ0v) is 13.5. The molecule has 3 aliphatic rings. The molecule has 3 unspecified atom stereocenters. The van der Waals surface area contributed by atoms with E-state index in [1.54, 1.807) is 0 Å². The first-order valence-corrected chi connectivity index (χ1v) is 8.47. The first kappa shape index (κ1) is 14.8. The number of nitrogens with zero attached hydrogens (tertiary/aromatic N) is 3. The Morgan fingerprint density at radius 1 is 1.15 bits per heavy atom. The van der Waals surface area contributed by atoms with Crippen LogP contribution in [0.4, 0.5) is 0 Å². The summed E-state index contributed by atoms with van der Waals surface area (Å²) in [5.41, 5.74) is 6.54. The standard InChI is InChI=1S/C16H32N4/c1-13-9-16(11-17,12-19(13)15-5-6-15)20-8-4-7-18(3)10-14(20)2/h13-15H,4-12,17H2,1-3H3. The van der Waals surface area contributed by atoms with E-state index in [0.29, 0.717) is 12.1 Å². The van der Waals surface area contributed by atoms with Gasteiger partial charge in [-0.3, -0.25) is 9.80 Å². The highest BCUT2D eigenvalue weighted by Crippen LogP contribution is 2.40. The molecule has 2 N–H and O–H groups in total. The predicted molar refractivity (Wildman–Crippen MR) is 83.9 cm³/mol. The molecule has 0 amide bonds. The molecule has 0 radical (unpaired) electrons. The van der Waals surface area contributed by atoms with Gasteiger partial charge in [0.15, 0.2) is 0 Å². The first-order valence-electron chi connectivity index (χ1n) is 8.47. The third kappa shape index (κ3) is 2.63. The number of likely N-dealkylation sites (tertiary alicyclic amines) is 1. The first-order chi connectivity index (χ1) is 9.55. The van der Waals surface area contributed by atoms with E-state index in [2.05, 4.69) is 35.6 Å². The fourth-order valence-corrected chi connectivity index (χ4v) is 4.67. The van der Waals surface area contributed by atoms with Crippen LogP contribution in [0.5, 0.6) is 0 Å². The summed E-state index contributed by atoms with van der Waals surface area (Å²) in [6.07, 6.45) is 5.35. The van der Waals surface area contributed by atoms with Gasteiger partial charge in [-0.25, -0.2) is 0 Å². The summed E-state index contributed by atoms with van der Waals surface area (Å²) in [6, 6.07) is 2.19. The molecule has 3 atom stereocenters. The van der Waals surface area contributed by atoms with Crippen LogP contribution in [-0.4, -0.2) is 78.1 Å². The summed E-state index contributed by atoms with van der Waals surface area (Å²) in [5.74, 6) is 0. The molecule has 2 heterocycles. The van der Waals surface area contributed by atoms with Crippen molar-refractivity contribution in [3.63, 3.8) is 0 Å². The maximum Gasteiger partial charge on any atom is 0.0476 e. The van der Waals surface area contributed by atoms with Gasteiger partial charge in [0, 0.05) is 49.8 Å². The highest BCUT2D eigenvalue weighted by molar-refractivity contribution is 5.08. The summed E-state index contributed by atoms with van der Waals surface area (Å²) >= 11 is 0. The lowest BCUT2D eigenvalue weighted by Crippen LogP contribution is -2.59. The van der Waals surface area contributed by atoms with E-state index in [4.69, 9.17) is 5.73 Å². The summed E-state index contributed by atoms with van der Waals surface area (Å²) in [5, 5.41) is 0.